The summed E-state index contributed by atoms with van der Waals surface area (Å²) in [6.07, 6.45) is 7.45. The van der Waals surface area contributed by atoms with Crippen molar-refractivity contribution >= 4 is 26.3 Å². The molecule has 1 aliphatic rings. The average Bonchev–Trinajstić information content (AvgIpc) is 2.78. The van der Waals surface area contributed by atoms with Crippen LogP contribution in [0.4, 0.5) is 10.1 Å². The standard InChI is InChI=1S/C26H30FN5O2S/c1-18-12-21(31-35(2,3)33)15-24-26(18)23(29-17-30-24)13-19-7-8-20(27)14-25(19)34-22-6-4-10-32(16-22)11-5-9-28/h7-8,12,14-15,17,22H,4-6,10-11,13,16H2,1-3H3/t22-/m1/s1. The number of ether oxygens (including phenoxy) is 1. The van der Waals surface area contributed by atoms with Crippen LogP contribution in [0.3, 0.4) is 0 Å². The van der Waals surface area contributed by atoms with E-state index in [9.17, 15) is 8.60 Å². The smallest absolute Gasteiger partial charge is 0.126 e. The van der Waals surface area contributed by atoms with Gasteiger partial charge in [0.15, 0.2) is 0 Å². The number of fused-ring (bicyclic) bond motifs is 1. The van der Waals surface area contributed by atoms with Crippen LogP contribution in [0.1, 0.15) is 36.1 Å². The lowest BCUT2D eigenvalue weighted by Gasteiger charge is -2.32. The Morgan fingerprint density at radius 1 is 1.29 bits per heavy atom. The van der Waals surface area contributed by atoms with E-state index < -0.39 is 9.73 Å². The van der Waals surface area contributed by atoms with Gasteiger partial charge >= 0.3 is 0 Å². The van der Waals surface area contributed by atoms with Crippen molar-refractivity contribution in [3.8, 4) is 11.8 Å². The molecule has 184 valence electrons. The summed E-state index contributed by atoms with van der Waals surface area (Å²) in [5, 5.41) is 9.79. The Balaban J connectivity index is 1.63. The van der Waals surface area contributed by atoms with Crippen LogP contribution in [0.5, 0.6) is 5.75 Å². The van der Waals surface area contributed by atoms with Crippen molar-refractivity contribution < 1.29 is 13.3 Å². The number of hydrogen-bond acceptors (Lipinski definition) is 7. The number of nitriles is 1. The second-order valence-electron chi connectivity index (χ2n) is 9.27. The molecule has 0 unspecified atom stereocenters. The lowest BCUT2D eigenvalue weighted by atomic mass is 10.0. The van der Waals surface area contributed by atoms with Crippen molar-refractivity contribution in [1.29, 1.82) is 5.26 Å². The van der Waals surface area contributed by atoms with Crippen LogP contribution in [-0.4, -0.2) is 57.3 Å². The van der Waals surface area contributed by atoms with Gasteiger partial charge in [0.2, 0.25) is 0 Å². The van der Waals surface area contributed by atoms with Gasteiger partial charge in [0.25, 0.3) is 0 Å². The molecule has 0 aliphatic carbocycles. The monoisotopic (exact) mass is 495 g/mol. The van der Waals surface area contributed by atoms with Crippen LogP contribution < -0.4 is 4.74 Å². The van der Waals surface area contributed by atoms with Gasteiger partial charge in [0.05, 0.1) is 23.0 Å². The normalized spacial score (nSPS) is 16.7. The molecule has 2 aromatic carbocycles. The Hall–Kier alpha value is -3.09. The summed E-state index contributed by atoms with van der Waals surface area (Å²) in [6.45, 7) is 4.35. The van der Waals surface area contributed by atoms with Gasteiger partial charge in [0, 0.05) is 65.2 Å². The third-order valence-electron chi connectivity index (χ3n) is 6.01. The summed E-state index contributed by atoms with van der Waals surface area (Å²) < 4.78 is 37.0. The molecule has 9 heteroatoms. The maximum atomic E-state index is 14.2. The largest absolute Gasteiger partial charge is 0.489 e. The molecule has 0 spiro atoms. The zero-order chi connectivity index (χ0) is 25.0. The first-order valence-corrected chi connectivity index (χ1v) is 14.0. The number of likely N-dealkylation sites (tertiary alicyclic amines) is 1. The molecule has 0 radical (unpaired) electrons. The molecule has 2 heterocycles. The number of piperidine rings is 1. The molecule has 3 aromatic rings. The lowest BCUT2D eigenvalue weighted by molar-refractivity contribution is 0.0890. The molecular formula is C26H30FN5O2S. The Morgan fingerprint density at radius 3 is 2.89 bits per heavy atom. The molecule has 0 N–H and O–H groups in total. The Labute approximate surface area is 206 Å². The molecule has 0 saturated carbocycles. The van der Waals surface area contributed by atoms with E-state index in [-0.39, 0.29) is 11.9 Å². The first kappa shape index (κ1) is 25.0. The molecule has 0 amide bonds. The molecule has 4 rings (SSSR count). The zero-order valence-electron chi connectivity index (χ0n) is 20.3. The van der Waals surface area contributed by atoms with Crippen LogP contribution >= 0.6 is 0 Å². The van der Waals surface area contributed by atoms with Gasteiger partial charge in [-0.15, -0.1) is 0 Å². The summed E-state index contributed by atoms with van der Waals surface area (Å²) in [5.41, 5.74) is 3.94. The molecule has 1 saturated heterocycles. The summed E-state index contributed by atoms with van der Waals surface area (Å²) in [6, 6.07) is 10.5. The summed E-state index contributed by atoms with van der Waals surface area (Å²) >= 11 is 0. The maximum Gasteiger partial charge on any atom is 0.126 e. The number of aryl methyl sites for hydroxylation is 1. The van der Waals surface area contributed by atoms with E-state index in [2.05, 4.69) is 25.3 Å². The molecule has 7 nitrogen and oxygen atoms in total. The second kappa shape index (κ2) is 10.7. The van der Waals surface area contributed by atoms with E-state index in [0.717, 1.165) is 60.2 Å². The van der Waals surface area contributed by atoms with Gasteiger partial charge < -0.3 is 4.74 Å². The van der Waals surface area contributed by atoms with Crippen LogP contribution in [0.15, 0.2) is 41.0 Å². The Kier molecular flexibility index (Phi) is 7.63. The highest BCUT2D eigenvalue weighted by molar-refractivity contribution is 7.92. The summed E-state index contributed by atoms with van der Waals surface area (Å²) in [7, 11) is -2.29. The van der Waals surface area contributed by atoms with Crippen LogP contribution in [-0.2, 0) is 16.1 Å². The first-order chi connectivity index (χ1) is 16.7. The van der Waals surface area contributed by atoms with E-state index in [0.29, 0.717) is 24.3 Å². The minimum Gasteiger partial charge on any atom is -0.489 e. The third-order valence-corrected chi connectivity index (χ3v) is 6.66. The van der Waals surface area contributed by atoms with Crippen molar-refractivity contribution in [3.05, 3.63) is 59.3 Å². The number of halogens is 1. The number of aromatic nitrogens is 2. The first-order valence-electron chi connectivity index (χ1n) is 11.7. The molecule has 1 aromatic heterocycles. The average molecular weight is 496 g/mol. The topological polar surface area (TPSA) is 91.5 Å². The highest BCUT2D eigenvalue weighted by Gasteiger charge is 2.22. The molecular weight excluding hydrogens is 465 g/mol. The zero-order valence-corrected chi connectivity index (χ0v) is 21.1. The highest BCUT2D eigenvalue weighted by Crippen LogP contribution is 2.31. The van der Waals surface area contributed by atoms with E-state index in [4.69, 9.17) is 10.00 Å². The second-order valence-corrected chi connectivity index (χ2v) is 11.8. The van der Waals surface area contributed by atoms with Crippen molar-refractivity contribution in [1.82, 2.24) is 14.9 Å². The SMILES string of the molecule is Cc1cc(N=S(C)(C)=O)cc2ncnc(Cc3ccc(F)cc3O[C@@H]3CCCN(CCC#N)C3)c12. The van der Waals surface area contributed by atoms with Crippen molar-refractivity contribution in [2.75, 3.05) is 32.1 Å². The van der Waals surface area contributed by atoms with Gasteiger partial charge in [-0.25, -0.2) is 18.6 Å². The fourth-order valence-corrected chi connectivity index (χ4v) is 5.17. The maximum absolute atomic E-state index is 14.2. The number of rotatable bonds is 7. The van der Waals surface area contributed by atoms with Gasteiger partial charge in [0.1, 0.15) is 24.0 Å². The van der Waals surface area contributed by atoms with Gasteiger partial charge in [-0.2, -0.15) is 9.62 Å². The Morgan fingerprint density at radius 2 is 2.11 bits per heavy atom. The summed E-state index contributed by atoms with van der Waals surface area (Å²) in [5.74, 6) is 0.170. The molecule has 35 heavy (non-hydrogen) atoms. The van der Waals surface area contributed by atoms with Crippen molar-refractivity contribution in [2.24, 2.45) is 4.36 Å². The molecule has 1 aliphatic heterocycles. The fraction of sp³-hybridized carbons (Fsp3) is 0.423. The van der Waals surface area contributed by atoms with Crippen LogP contribution in [0, 0.1) is 24.1 Å². The molecule has 0 bridgehead atoms. The van der Waals surface area contributed by atoms with E-state index in [1.807, 2.05) is 19.1 Å². The van der Waals surface area contributed by atoms with Crippen LogP contribution in [0.2, 0.25) is 0 Å². The highest BCUT2D eigenvalue weighted by atomic mass is 32.2. The number of nitrogens with zero attached hydrogens (tertiary/aromatic N) is 5. The van der Waals surface area contributed by atoms with Crippen molar-refractivity contribution in [2.45, 2.75) is 38.7 Å². The van der Waals surface area contributed by atoms with Crippen LogP contribution in [0.25, 0.3) is 10.9 Å². The van der Waals surface area contributed by atoms with Crippen molar-refractivity contribution in [3.63, 3.8) is 0 Å². The van der Waals surface area contributed by atoms with Gasteiger partial charge in [-0.1, -0.05) is 6.07 Å². The van der Waals surface area contributed by atoms with E-state index in [1.165, 1.54) is 18.5 Å². The minimum atomic E-state index is -2.29. The number of hydrogen-bond donors (Lipinski definition) is 0. The van der Waals surface area contributed by atoms with Gasteiger partial charge in [-0.3, -0.25) is 4.90 Å². The lowest BCUT2D eigenvalue weighted by Crippen LogP contribution is -2.41. The molecule has 1 atom stereocenters. The third kappa shape index (κ3) is 6.53. The summed E-state index contributed by atoms with van der Waals surface area (Å²) in [4.78, 5) is 11.2. The predicted molar refractivity (Wildman–Crippen MR) is 136 cm³/mol. The quantitative estimate of drug-likeness (QED) is 0.468. The predicted octanol–water partition coefficient (Wildman–Crippen LogP) is 4.78. The Bertz CT molecular complexity index is 1390. The number of benzene rings is 2. The fourth-order valence-electron chi connectivity index (χ4n) is 4.56. The van der Waals surface area contributed by atoms with E-state index >= 15 is 0 Å². The molecule has 1 fully saturated rings. The minimum absolute atomic E-state index is 0.0611. The van der Waals surface area contributed by atoms with E-state index in [1.54, 1.807) is 18.6 Å². The van der Waals surface area contributed by atoms with Gasteiger partial charge in [-0.05, 0) is 50.1 Å².